The fourth-order valence-corrected chi connectivity index (χ4v) is 2.98. The summed E-state index contributed by atoms with van der Waals surface area (Å²) in [7, 11) is 0. The summed E-state index contributed by atoms with van der Waals surface area (Å²) < 4.78 is 0. The van der Waals surface area contributed by atoms with E-state index in [-0.39, 0.29) is 11.1 Å². The lowest BCUT2D eigenvalue weighted by molar-refractivity contribution is 0.0696. The van der Waals surface area contributed by atoms with Crippen LogP contribution in [0, 0.1) is 5.41 Å². The summed E-state index contributed by atoms with van der Waals surface area (Å²) in [5, 5.41) is 18.1. The molecule has 2 aliphatic rings. The number of carbonyl (C=O) groups is 2. The maximum absolute atomic E-state index is 11.0. The summed E-state index contributed by atoms with van der Waals surface area (Å²) in [5.41, 5.74) is 1.19. The lowest BCUT2D eigenvalue weighted by atomic mass is 9.63. The highest BCUT2D eigenvalue weighted by Crippen LogP contribution is 2.49. The van der Waals surface area contributed by atoms with Crippen molar-refractivity contribution >= 4 is 17.6 Å². The fourth-order valence-electron chi connectivity index (χ4n) is 2.98. The smallest absolute Gasteiger partial charge is 0.335 e. The molecule has 0 aromatic heterocycles. The number of benzene rings is 1. The quantitative estimate of drug-likeness (QED) is 0.871. The summed E-state index contributed by atoms with van der Waals surface area (Å²) in [6.07, 6.45) is 3.73. The van der Waals surface area contributed by atoms with Gasteiger partial charge in [0.05, 0.1) is 11.1 Å². The minimum atomic E-state index is -1.09. The predicted octanol–water partition coefficient (Wildman–Crippen LogP) is 2.07. The molecule has 1 saturated carbocycles. The van der Waals surface area contributed by atoms with Crippen molar-refractivity contribution in [3.05, 3.63) is 29.3 Å². The molecule has 1 aromatic carbocycles. The van der Waals surface area contributed by atoms with Crippen LogP contribution in [-0.4, -0.2) is 35.2 Å². The van der Waals surface area contributed by atoms with Gasteiger partial charge in [-0.3, -0.25) is 0 Å². The minimum Gasteiger partial charge on any atom is -0.478 e. The van der Waals surface area contributed by atoms with Crippen LogP contribution in [0.4, 0.5) is 5.69 Å². The first-order chi connectivity index (χ1) is 8.99. The summed E-state index contributed by atoms with van der Waals surface area (Å²) in [6.45, 7) is 1.82. The van der Waals surface area contributed by atoms with E-state index in [0.717, 1.165) is 13.1 Å². The van der Waals surface area contributed by atoms with Crippen molar-refractivity contribution < 1.29 is 19.8 Å². The lowest BCUT2D eigenvalue weighted by Crippen LogP contribution is -2.59. The summed E-state index contributed by atoms with van der Waals surface area (Å²) in [6, 6.07) is 4.31. The standard InChI is InChI=1S/C14H15NO4/c16-12(17)9-4-10(13(18)19)6-11(5-9)15-7-14(8-15)2-1-3-14/h4-6H,1-3,7-8H2,(H,16,17)(H,18,19). The molecule has 0 radical (unpaired) electrons. The van der Waals surface area contributed by atoms with E-state index in [9.17, 15) is 9.59 Å². The van der Waals surface area contributed by atoms with Gasteiger partial charge in [0.1, 0.15) is 0 Å². The molecule has 1 aromatic rings. The first-order valence-corrected chi connectivity index (χ1v) is 6.36. The molecule has 0 bridgehead atoms. The van der Waals surface area contributed by atoms with Crippen molar-refractivity contribution in [2.45, 2.75) is 19.3 Å². The molecule has 5 nitrogen and oxygen atoms in total. The molecule has 1 spiro atoms. The summed E-state index contributed by atoms with van der Waals surface area (Å²) >= 11 is 0. The number of anilines is 1. The maximum Gasteiger partial charge on any atom is 0.335 e. The van der Waals surface area contributed by atoms with Crippen LogP contribution in [0.25, 0.3) is 0 Å². The highest BCUT2D eigenvalue weighted by Gasteiger charge is 2.47. The van der Waals surface area contributed by atoms with Crippen molar-refractivity contribution in [3.8, 4) is 0 Å². The van der Waals surface area contributed by atoms with Crippen LogP contribution >= 0.6 is 0 Å². The van der Waals surface area contributed by atoms with Crippen molar-refractivity contribution in [2.24, 2.45) is 5.41 Å². The largest absolute Gasteiger partial charge is 0.478 e. The van der Waals surface area contributed by atoms with Gasteiger partial charge >= 0.3 is 11.9 Å². The predicted molar refractivity (Wildman–Crippen MR) is 68.9 cm³/mol. The van der Waals surface area contributed by atoms with Gasteiger partial charge in [-0.1, -0.05) is 6.42 Å². The molecule has 1 heterocycles. The van der Waals surface area contributed by atoms with Crippen molar-refractivity contribution in [1.82, 2.24) is 0 Å². The Balaban J connectivity index is 1.88. The Labute approximate surface area is 110 Å². The van der Waals surface area contributed by atoms with Gasteiger partial charge in [0.25, 0.3) is 0 Å². The molecule has 3 rings (SSSR count). The number of hydrogen-bond donors (Lipinski definition) is 2. The van der Waals surface area contributed by atoms with Crippen LogP contribution in [0.2, 0.25) is 0 Å². The zero-order chi connectivity index (χ0) is 13.6. The first kappa shape index (κ1) is 12.0. The monoisotopic (exact) mass is 261 g/mol. The van der Waals surface area contributed by atoms with Crippen molar-refractivity contribution in [2.75, 3.05) is 18.0 Å². The van der Waals surface area contributed by atoms with Crippen LogP contribution < -0.4 is 4.90 Å². The second kappa shape index (κ2) is 3.98. The van der Waals surface area contributed by atoms with E-state index >= 15 is 0 Å². The number of nitrogens with zero attached hydrogens (tertiary/aromatic N) is 1. The van der Waals surface area contributed by atoms with E-state index in [1.807, 2.05) is 0 Å². The Morgan fingerprint density at radius 3 is 1.89 bits per heavy atom. The van der Waals surface area contributed by atoms with Gasteiger partial charge in [-0.15, -0.1) is 0 Å². The average molecular weight is 261 g/mol. The van der Waals surface area contributed by atoms with E-state index in [1.54, 1.807) is 12.1 Å². The first-order valence-electron chi connectivity index (χ1n) is 6.36. The Morgan fingerprint density at radius 2 is 1.53 bits per heavy atom. The van der Waals surface area contributed by atoms with Gasteiger partial charge in [-0.05, 0) is 31.0 Å². The molecule has 1 saturated heterocycles. The van der Waals surface area contributed by atoms with Crippen molar-refractivity contribution in [1.29, 1.82) is 0 Å². The average Bonchev–Trinajstić information content (AvgIpc) is 2.24. The minimum absolute atomic E-state index is 0.0319. The second-order valence-corrected chi connectivity index (χ2v) is 5.59. The lowest BCUT2D eigenvalue weighted by Gasteiger charge is -2.57. The molecule has 2 fully saturated rings. The number of carboxylic acid groups (broad SMARTS) is 2. The molecule has 100 valence electrons. The van der Waals surface area contributed by atoms with Crippen LogP contribution in [0.15, 0.2) is 18.2 Å². The number of aromatic carboxylic acids is 2. The molecular formula is C14H15NO4. The van der Waals surface area contributed by atoms with Gasteiger partial charge in [0.2, 0.25) is 0 Å². The van der Waals surface area contributed by atoms with Crippen LogP contribution in [0.5, 0.6) is 0 Å². The zero-order valence-corrected chi connectivity index (χ0v) is 10.4. The molecule has 2 N–H and O–H groups in total. The third kappa shape index (κ3) is 1.95. The topological polar surface area (TPSA) is 77.8 Å². The second-order valence-electron chi connectivity index (χ2n) is 5.59. The van der Waals surface area contributed by atoms with E-state index < -0.39 is 11.9 Å². The third-order valence-corrected chi connectivity index (χ3v) is 4.24. The highest BCUT2D eigenvalue weighted by atomic mass is 16.4. The molecule has 1 aliphatic carbocycles. The highest BCUT2D eigenvalue weighted by molar-refractivity contribution is 5.95. The van der Waals surface area contributed by atoms with E-state index in [2.05, 4.69) is 4.90 Å². The summed E-state index contributed by atoms with van der Waals surface area (Å²) in [5.74, 6) is -2.19. The van der Waals surface area contributed by atoms with Gasteiger partial charge in [0.15, 0.2) is 0 Å². The van der Waals surface area contributed by atoms with E-state index in [4.69, 9.17) is 10.2 Å². The molecule has 5 heteroatoms. The third-order valence-electron chi connectivity index (χ3n) is 4.24. The number of carboxylic acids is 2. The van der Waals surface area contributed by atoms with Gasteiger partial charge in [-0.2, -0.15) is 0 Å². The van der Waals surface area contributed by atoms with Gasteiger partial charge in [-0.25, -0.2) is 9.59 Å². The molecule has 0 atom stereocenters. The Morgan fingerprint density at radius 1 is 1.00 bits per heavy atom. The van der Waals surface area contributed by atoms with Crippen LogP contribution in [-0.2, 0) is 0 Å². The molecule has 0 amide bonds. The van der Waals surface area contributed by atoms with Crippen LogP contribution in [0.3, 0.4) is 0 Å². The normalized spacial score (nSPS) is 19.7. The van der Waals surface area contributed by atoms with E-state index in [0.29, 0.717) is 11.1 Å². The van der Waals surface area contributed by atoms with E-state index in [1.165, 1.54) is 25.3 Å². The molecule has 1 aliphatic heterocycles. The van der Waals surface area contributed by atoms with Crippen LogP contribution in [0.1, 0.15) is 40.0 Å². The fraction of sp³-hybridized carbons (Fsp3) is 0.429. The Kier molecular flexibility index (Phi) is 2.52. The zero-order valence-electron chi connectivity index (χ0n) is 10.4. The Bertz CT molecular complexity index is 522. The summed E-state index contributed by atoms with van der Waals surface area (Å²) in [4.78, 5) is 24.1. The van der Waals surface area contributed by atoms with Gasteiger partial charge < -0.3 is 15.1 Å². The Hall–Kier alpha value is -2.04. The SMILES string of the molecule is O=C(O)c1cc(C(=O)O)cc(N2CC3(CCC3)C2)c1. The molecular weight excluding hydrogens is 246 g/mol. The molecule has 19 heavy (non-hydrogen) atoms. The maximum atomic E-state index is 11.0. The number of rotatable bonds is 3. The number of hydrogen-bond acceptors (Lipinski definition) is 3. The molecule has 0 unspecified atom stereocenters. The van der Waals surface area contributed by atoms with Crippen molar-refractivity contribution in [3.63, 3.8) is 0 Å². The van der Waals surface area contributed by atoms with Gasteiger partial charge in [0, 0.05) is 24.2 Å².